The Morgan fingerprint density at radius 3 is 2.73 bits per heavy atom. The largest absolute Gasteiger partial charge is 0.376 e. The van der Waals surface area contributed by atoms with Crippen molar-refractivity contribution in [2.24, 2.45) is 0 Å². The number of aromatic nitrogens is 2. The Labute approximate surface area is 160 Å². The smallest absolute Gasteiger partial charge is 0.266 e. The average Bonchev–Trinajstić information content (AvgIpc) is 2.65. The number of rotatable bonds is 8. The molecule has 1 unspecified atom stereocenters. The number of benzene rings is 1. The number of hydrogen-bond donors (Lipinski definition) is 0. The van der Waals surface area contributed by atoms with Crippen molar-refractivity contribution in [2.75, 3.05) is 32.9 Å². The maximum absolute atomic E-state index is 11.8. The Hall–Kier alpha value is -1.73. The van der Waals surface area contributed by atoms with E-state index in [1.54, 1.807) is 18.3 Å². The van der Waals surface area contributed by atoms with Gasteiger partial charge in [0.1, 0.15) is 0 Å². The first kappa shape index (κ1) is 20.6. The van der Waals surface area contributed by atoms with Crippen LogP contribution in [0.1, 0.15) is 12.0 Å². The number of halogens is 1. The lowest BCUT2D eigenvalue weighted by molar-refractivity contribution is -0.0983. The molecular weight excluding hydrogens is 354 g/mol. The van der Waals surface area contributed by atoms with Gasteiger partial charge >= 0.3 is 0 Å². The monoisotopic (exact) mass is 379 g/mol. The molecule has 0 saturated carbocycles. The Morgan fingerprint density at radius 1 is 1.15 bits per heavy atom. The average molecular weight is 380 g/mol. The molecule has 0 N–H and O–H groups in total. The number of ether oxygens (including phenoxy) is 2. The molecular formula is C19H26ClN3O3. The van der Waals surface area contributed by atoms with Gasteiger partial charge < -0.3 is 9.47 Å². The van der Waals surface area contributed by atoms with Gasteiger partial charge in [-0.1, -0.05) is 30.3 Å². The molecule has 0 amide bonds. The fourth-order valence-electron chi connectivity index (χ4n) is 3.01. The molecule has 1 atom stereocenters. The molecule has 1 fully saturated rings. The second kappa shape index (κ2) is 11.1. The van der Waals surface area contributed by atoms with E-state index >= 15 is 0 Å². The molecule has 1 aromatic heterocycles. The van der Waals surface area contributed by atoms with Gasteiger partial charge in [0.2, 0.25) is 0 Å². The van der Waals surface area contributed by atoms with Crippen LogP contribution in [0, 0.1) is 0 Å². The first-order valence-corrected chi connectivity index (χ1v) is 8.79. The van der Waals surface area contributed by atoms with Crippen molar-refractivity contribution in [1.82, 2.24) is 14.7 Å². The summed E-state index contributed by atoms with van der Waals surface area (Å²) in [5.41, 5.74) is 1.22. The van der Waals surface area contributed by atoms with Crippen LogP contribution in [-0.4, -0.2) is 53.7 Å². The summed E-state index contributed by atoms with van der Waals surface area (Å²) in [4.78, 5) is 14.1. The second-order valence-electron chi connectivity index (χ2n) is 6.23. The van der Waals surface area contributed by atoms with E-state index in [4.69, 9.17) is 9.47 Å². The molecule has 1 aliphatic rings. The van der Waals surface area contributed by atoms with E-state index in [1.807, 2.05) is 6.07 Å². The quantitative estimate of drug-likeness (QED) is 0.702. The van der Waals surface area contributed by atoms with Crippen LogP contribution in [0.4, 0.5) is 0 Å². The molecule has 2 aromatic rings. The molecule has 6 nitrogen and oxygen atoms in total. The van der Waals surface area contributed by atoms with Crippen LogP contribution in [0.2, 0.25) is 0 Å². The van der Waals surface area contributed by atoms with Crippen LogP contribution < -0.4 is 5.56 Å². The predicted molar refractivity (Wildman–Crippen MR) is 103 cm³/mol. The minimum Gasteiger partial charge on any atom is -0.376 e. The predicted octanol–water partition coefficient (Wildman–Crippen LogP) is 1.97. The van der Waals surface area contributed by atoms with E-state index in [-0.39, 0.29) is 24.1 Å². The van der Waals surface area contributed by atoms with Gasteiger partial charge in [-0.15, -0.1) is 12.4 Å². The normalized spacial score (nSPS) is 17.0. The molecule has 0 radical (unpaired) electrons. The molecule has 1 aliphatic heterocycles. The van der Waals surface area contributed by atoms with Crippen LogP contribution in [-0.2, 0) is 22.6 Å². The van der Waals surface area contributed by atoms with Crippen molar-refractivity contribution in [1.29, 1.82) is 0 Å². The summed E-state index contributed by atoms with van der Waals surface area (Å²) >= 11 is 0. The number of hydrogen-bond acceptors (Lipinski definition) is 5. The van der Waals surface area contributed by atoms with Gasteiger partial charge in [0.15, 0.2) is 0 Å². The topological polar surface area (TPSA) is 56.6 Å². The summed E-state index contributed by atoms with van der Waals surface area (Å²) in [6.45, 7) is 5.16. The summed E-state index contributed by atoms with van der Waals surface area (Å²) in [5.74, 6) is 0. The molecule has 26 heavy (non-hydrogen) atoms. The minimum atomic E-state index is -0.0545. The highest BCUT2D eigenvalue weighted by atomic mass is 35.5. The van der Waals surface area contributed by atoms with Crippen LogP contribution in [0.25, 0.3) is 0 Å². The third-order valence-corrected chi connectivity index (χ3v) is 4.23. The van der Waals surface area contributed by atoms with Crippen molar-refractivity contribution in [3.63, 3.8) is 0 Å². The maximum atomic E-state index is 11.8. The highest BCUT2D eigenvalue weighted by Gasteiger charge is 2.18. The van der Waals surface area contributed by atoms with Gasteiger partial charge in [-0.3, -0.25) is 9.69 Å². The van der Waals surface area contributed by atoms with Crippen molar-refractivity contribution >= 4 is 12.4 Å². The molecule has 142 valence electrons. The van der Waals surface area contributed by atoms with E-state index in [9.17, 15) is 4.79 Å². The number of nitrogens with zero attached hydrogens (tertiary/aromatic N) is 3. The van der Waals surface area contributed by atoms with Crippen LogP contribution in [0.5, 0.6) is 0 Å². The SMILES string of the molecule is Cl.O=c1cccnn1CCCN(Cc1ccccc1)CC1COCCO1. The summed E-state index contributed by atoms with van der Waals surface area (Å²) in [6.07, 6.45) is 2.61. The van der Waals surface area contributed by atoms with Gasteiger partial charge in [0.05, 0.1) is 25.9 Å². The van der Waals surface area contributed by atoms with Gasteiger partial charge in [-0.2, -0.15) is 5.10 Å². The molecule has 1 saturated heterocycles. The van der Waals surface area contributed by atoms with E-state index in [0.29, 0.717) is 26.4 Å². The van der Waals surface area contributed by atoms with E-state index in [2.05, 4.69) is 34.3 Å². The lowest BCUT2D eigenvalue weighted by Crippen LogP contribution is -2.40. The summed E-state index contributed by atoms with van der Waals surface area (Å²) in [7, 11) is 0. The fraction of sp³-hybridized carbons (Fsp3) is 0.474. The Kier molecular flexibility index (Phi) is 8.77. The van der Waals surface area contributed by atoms with Crippen LogP contribution in [0.3, 0.4) is 0 Å². The molecule has 7 heteroatoms. The van der Waals surface area contributed by atoms with Gasteiger partial charge in [0, 0.05) is 38.4 Å². The Balaban J connectivity index is 0.00000243. The zero-order chi connectivity index (χ0) is 17.3. The van der Waals surface area contributed by atoms with Crippen molar-refractivity contribution in [3.8, 4) is 0 Å². The van der Waals surface area contributed by atoms with E-state index in [1.165, 1.54) is 10.2 Å². The molecule has 0 spiro atoms. The van der Waals surface area contributed by atoms with Crippen molar-refractivity contribution in [3.05, 3.63) is 64.6 Å². The van der Waals surface area contributed by atoms with E-state index in [0.717, 1.165) is 26.1 Å². The first-order valence-electron chi connectivity index (χ1n) is 8.79. The molecule has 3 rings (SSSR count). The van der Waals surface area contributed by atoms with Crippen molar-refractivity contribution in [2.45, 2.75) is 25.6 Å². The summed E-state index contributed by atoms with van der Waals surface area (Å²) < 4.78 is 12.8. The lowest BCUT2D eigenvalue weighted by atomic mass is 10.2. The van der Waals surface area contributed by atoms with Crippen LogP contribution in [0.15, 0.2) is 53.5 Å². The molecule has 1 aromatic carbocycles. The highest BCUT2D eigenvalue weighted by Crippen LogP contribution is 2.09. The van der Waals surface area contributed by atoms with E-state index < -0.39 is 0 Å². The summed E-state index contributed by atoms with van der Waals surface area (Å²) in [5, 5.41) is 4.12. The third kappa shape index (κ3) is 6.53. The maximum Gasteiger partial charge on any atom is 0.266 e. The highest BCUT2D eigenvalue weighted by molar-refractivity contribution is 5.85. The Bertz CT molecular complexity index is 690. The molecule has 2 heterocycles. The van der Waals surface area contributed by atoms with Gasteiger partial charge in [-0.25, -0.2) is 4.68 Å². The van der Waals surface area contributed by atoms with Gasteiger partial charge in [0.25, 0.3) is 5.56 Å². The van der Waals surface area contributed by atoms with Crippen LogP contribution >= 0.6 is 12.4 Å². The van der Waals surface area contributed by atoms with Crippen molar-refractivity contribution < 1.29 is 9.47 Å². The summed E-state index contributed by atoms with van der Waals surface area (Å²) in [6, 6.07) is 13.6. The Morgan fingerprint density at radius 2 is 2.00 bits per heavy atom. The minimum absolute atomic E-state index is 0. The molecule has 0 aliphatic carbocycles. The first-order chi connectivity index (χ1) is 12.3. The standard InChI is InChI=1S/C19H25N3O3.ClH/c23-19-8-4-9-20-22(19)11-5-10-21(14-17-6-2-1-3-7-17)15-18-16-24-12-13-25-18;/h1-4,6-9,18H,5,10-16H2;1H. The fourth-order valence-corrected chi connectivity index (χ4v) is 3.01. The zero-order valence-corrected chi connectivity index (χ0v) is 15.6. The second-order valence-corrected chi connectivity index (χ2v) is 6.23. The molecule has 0 bridgehead atoms. The number of aryl methyl sites for hydroxylation is 1. The third-order valence-electron chi connectivity index (χ3n) is 4.23. The lowest BCUT2D eigenvalue weighted by Gasteiger charge is -2.30. The van der Waals surface area contributed by atoms with Gasteiger partial charge in [-0.05, 0) is 18.1 Å². The zero-order valence-electron chi connectivity index (χ0n) is 14.8.